The molecule has 0 saturated carbocycles. The Bertz CT molecular complexity index is 1200. The van der Waals surface area contributed by atoms with Crippen LogP contribution in [0.15, 0.2) is 76.3 Å². The minimum atomic E-state index is -0.759. The monoisotopic (exact) mass is 575 g/mol. The van der Waals surface area contributed by atoms with E-state index in [1.807, 2.05) is 56.3 Å². The minimum Gasteiger partial charge on any atom is -0.488 e. The number of nitrogens with zero attached hydrogens (tertiary/aromatic N) is 1. The van der Waals surface area contributed by atoms with Crippen LogP contribution in [0.5, 0.6) is 5.75 Å². The molecule has 1 atom stereocenters. The van der Waals surface area contributed by atoms with Gasteiger partial charge >= 0.3 is 0 Å². The summed E-state index contributed by atoms with van der Waals surface area (Å²) in [6.07, 6.45) is 1.52. The Labute approximate surface area is 222 Å². The molecule has 9 heteroatoms. The maximum Gasteiger partial charge on any atom is 0.262 e. The molecule has 0 aliphatic rings. The molecule has 0 bridgehead atoms. The molecule has 3 aromatic rings. The minimum absolute atomic E-state index is 0.146. The highest BCUT2D eigenvalue weighted by atomic mass is 79.9. The van der Waals surface area contributed by atoms with Gasteiger partial charge < -0.3 is 10.1 Å². The number of carbonyl (C=O) groups is 2. The summed E-state index contributed by atoms with van der Waals surface area (Å²) >= 11 is 15.3. The summed E-state index contributed by atoms with van der Waals surface area (Å²) in [6, 6.07) is 18.6. The first-order valence-corrected chi connectivity index (χ1v) is 12.3. The van der Waals surface area contributed by atoms with Crippen molar-refractivity contribution in [2.75, 3.05) is 0 Å². The highest BCUT2D eigenvalue weighted by molar-refractivity contribution is 9.10. The molecule has 3 rings (SSSR count). The van der Waals surface area contributed by atoms with Crippen molar-refractivity contribution in [2.45, 2.75) is 26.5 Å². The van der Waals surface area contributed by atoms with Crippen molar-refractivity contribution in [3.63, 3.8) is 0 Å². The number of hydrogen-bond acceptors (Lipinski definition) is 4. The number of nitrogens with one attached hydrogen (secondary N) is 2. The molecule has 0 spiro atoms. The Hall–Kier alpha value is -2.87. The second-order valence-electron chi connectivity index (χ2n) is 8.04. The van der Waals surface area contributed by atoms with Crippen LogP contribution < -0.4 is 15.5 Å². The van der Waals surface area contributed by atoms with E-state index in [2.05, 4.69) is 31.8 Å². The maximum absolute atomic E-state index is 12.7. The molecule has 35 heavy (non-hydrogen) atoms. The molecule has 0 radical (unpaired) electrons. The third-order valence-corrected chi connectivity index (χ3v) is 6.12. The summed E-state index contributed by atoms with van der Waals surface area (Å²) in [5, 5.41) is 7.99. The maximum atomic E-state index is 12.7. The normalized spacial score (nSPS) is 11.9. The van der Waals surface area contributed by atoms with E-state index >= 15 is 0 Å². The van der Waals surface area contributed by atoms with Crippen LogP contribution in [0.25, 0.3) is 0 Å². The fourth-order valence-corrected chi connectivity index (χ4v) is 3.82. The molecule has 182 valence electrons. The van der Waals surface area contributed by atoms with Crippen molar-refractivity contribution in [3.8, 4) is 5.75 Å². The van der Waals surface area contributed by atoms with Gasteiger partial charge in [0.15, 0.2) is 0 Å². The number of amides is 2. The molecule has 6 nitrogen and oxygen atoms in total. The number of ether oxygens (including phenoxy) is 1. The lowest BCUT2D eigenvalue weighted by molar-refractivity contribution is -0.123. The van der Waals surface area contributed by atoms with Crippen LogP contribution in [0.3, 0.4) is 0 Å². The first-order chi connectivity index (χ1) is 16.7. The molecular formula is C26H24BrCl2N3O3. The van der Waals surface area contributed by atoms with Gasteiger partial charge in [0.25, 0.3) is 11.8 Å². The lowest BCUT2D eigenvalue weighted by Crippen LogP contribution is -2.48. The van der Waals surface area contributed by atoms with Gasteiger partial charge in [0.05, 0.1) is 10.7 Å². The average molecular weight is 577 g/mol. The zero-order chi connectivity index (χ0) is 25.4. The summed E-state index contributed by atoms with van der Waals surface area (Å²) in [5.41, 5.74) is 4.67. The number of halogens is 3. The highest BCUT2D eigenvalue weighted by Crippen LogP contribution is 2.26. The van der Waals surface area contributed by atoms with Gasteiger partial charge in [-0.25, -0.2) is 5.43 Å². The summed E-state index contributed by atoms with van der Waals surface area (Å²) < 4.78 is 6.59. The topological polar surface area (TPSA) is 79.8 Å². The van der Waals surface area contributed by atoms with E-state index in [1.165, 1.54) is 6.21 Å². The van der Waals surface area contributed by atoms with E-state index in [-0.39, 0.29) is 11.8 Å². The number of hydrazone groups is 1. The van der Waals surface area contributed by atoms with E-state index < -0.39 is 11.9 Å². The third-order valence-electron chi connectivity index (χ3n) is 4.99. The van der Waals surface area contributed by atoms with Crippen molar-refractivity contribution in [3.05, 3.63) is 97.9 Å². The molecule has 2 amide bonds. The van der Waals surface area contributed by atoms with Crippen molar-refractivity contribution in [2.24, 2.45) is 11.0 Å². The van der Waals surface area contributed by atoms with E-state index in [4.69, 9.17) is 27.9 Å². The SMILES string of the molecule is CC(C)C(NC(=O)c1ccc(Cl)cc1)C(=O)N/N=C\c1ccc(OCc2ccc(Cl)cc2)c(Br)c1. The molecule has 0 heterocycles. The molecule has 0 saturated heterocycles. The van der Waals surface area contributed by atoms with Crippen LogP contribution in [-0.4, -0.2) is 24.1 Å². The molecule has 0 fully saturated rings. The van der Waals surface area contributed by atoms with E-state index in [9.17, 15) is 9.59 Å². The van der Waals surface area contributed by atoms with Gasteiger partial charge in [0, 0.05) is 15.6 Å². The average Bonchev–Trinajstić information content (AvgIpc) is 2.83. The standard InChI is InChI=1S/C26H24BrCl2N3O3/c1-16(2)24(31-25(33)19-6-10-21(29)11-7-19)26(34)32-30-14-18-5-12-23(22(27)13-18)35-15-17-3-8-20(28)9-4-17/h3-14,16,24H,15H2,1-2H3,(H,31,33)(H,32,34)/b30-14-. The van der Waals surface area contributed by atoms with Gasteiger partial charge in [-0.3, -0.25) is 9.59 Å². The van der Waals surface area contributed by atoms with Gasteiger partial charge in [0.1, 0.15) is 18.4 Å². The van der Waals surface area contributed by atoms with Crippen LogP contribution in [0, 0.1) is 5.92 Å². The van der Waals surface area contributed by atoms with Crippen LogP contribution in [0.1, 0.15) is 35.3 Å². The second kappa shape index (κ2) is 12.7. The van der Waals surface area contributed by atoms with Crippen molar-refractivity contribution >= 4 is 57.2 Å². The molecular weight excluding hydrogens is 553 g/mol. The fourth-order valence-electron chi connectivity index (χ4n) is 3.06. The van der Waals surface area contributed by atoms with Gasteiger partial charge in [-0.2, -0.15) is 5.10 Å². The summed E-state index contributed by atoms with van der Waals surface area (Å²) in [5.74, 6) is -0.253. The second-order valence-corrected chi connectivity index (χ2v) is 9.77. The Morgan fingerprint density at radius 1 is 1.00 bits per heavy atom. The van der Waals surface area contributed by atoms with Crippen LogP contribution in [-0.2, 0) is 11.4 Å². The van der Waals surface area contributed by atoms with Crippen molar-refractivity contribution in [1.82, 2.24) is 10.7 Å². The molecule has 0 aromatic heterocycles. The molecule has 0 aliphatic carbocycles. The molecule has 3 aromatic carbocycles. The number of carbonyl (C=O) groups excluding carboxylic acids is 2. The number of benzene rings is 3. The summed E-state index contributed by atoms with van der Waals surface area (Å²) in [7, 11) is 0. The first kappa shape index (κ1) is 26.7. The lowest BCUT2D eigenvalue weighted by Gasteiger charge is -2.20. The zero-order valence-electron chi connectivity index (χ0n) is 19.1. The summed E-state index contributed by atoms with van der Waals surface area (Å²) in [4.78, 5) is 25.2. The number of hydrogen-bond donors (Lipinski definition) is 2. The third kappa shape index (κ3) is 8.09. The van der Waals surface area contributed by atoms with Crippen LogP contribution >= 0.6 is 39.1 Å². The van der Waals surface area contributed by atoms with Gasteiger partial charge in [-0.1, -0.05) is 49.2 Å². The van der Waals surface area contributed by atoms with E-state index in [0.29, 0.717) is 28.0 Å². The van der Waals surface area contributed by atoms with Crippen molar-refractivity contribution in [1.29, 1.82) is 0 Å². The Kier molecular flexibility index (Phi) is 9.72. The number of rotatable bonds is 9. The van der Waals surface area contributed by atoms with Crippen LogP contribution in [0.2, 0.25) is 10.0 Å². The zero-order valence-corrected chi connectivity index (χ0v) is 22.2. The predicted octanol–water partition coefficient (Wildman–Crippen LogP) is 6.24. The van der Waals surface area contributed by atoms with E-state index in [0.717, 1.165) is 15.6 Å². The lowest BCUT2D eigenvalue weighted by atomic mass is 10.0. The largest absolute Gasteiger partial charge is 0.488 e. The summed E-state index contributed by atoms with van der Waals surface area (Å²) in [6.45, 7) is 4.09. The predicted molar refractivity (Wildman–Crippen MR) is 143 cm³/mol. The van der Waals surface area contributed by atoms with Gasteiger partial charge in [0.2, 0.25) is 0 Å². The Morgan fingerprint density at radius 3 is 2.23 bits per heavy atom. The van der Waals surface area contributed by atoms with Crippen LogP contribution in [0.4, 0.5) is 0 Å². The van der Waals surface area contributed by atoms with E-state index in [1.54, 1.807) is 24.3 Å². The Balaban J connectivity index is 1.56. The fraction of sp³-hybridized carbons (Fsp3) is 0.192. The van der Waals surface area contributed by atoms with Gasteiger partial charge in [-0.15, -0.1) is 0 Å². The highest BCUT2D eigenvalue weighted by Gasteiger charge is 2.24. The van der Waals surface area contributed by atoms with Gasteiger partial charge in [-0.05, 0) is 87.6 Å². The van der Waals surface area contributed by atoms with Crippen molar-refractivity contribution < 1.29 is 14.3 Å². The molecule has 1 unspecified atom stereocenters. The molecule has 0 aliphatic heterocycles. The quantitative estimate of drug-likeness (QED) is 0.234. The Morgan fingerprint density at radius 2 is 1.63 bits per heavy atom. The first-order valence-electron chi connectivity index (χ1n) is 10.8. The smallest absolute Gasteiger partial charge is 0.262 e. The molecule has 2 N–H and O–H groups in total.